The summed E-state index contributed by atoms with van der Waals surface area (Å²) in [4.78, 5) is 2.51. The first-order chi connectivity index (χ1) is 7.20. The van der Waals surface area contributed by atoms with Crippen LogP contribution in [-0.2, 0) is 13.6 Å². The molecule has 84 valence electrons. The van der Waals surface area contributed by atoms with Gasteiger partial charge >= 0.3 is 0 Å². The quantitative estimate of drug-likeness (QED) is 0.783. The zero-order valence-corrected chi connectivity index (χ0v) is 9.82. The van der Waals surface area contributed by atoms with Gasteiger partial charge in [-0.25, -0.2) is 0 Å². The van der Waals surface area contributed by atoms with E-state index in [2.05, 4.69) is 35.4 Å². The molecule has 1 aliphatic rings. The largest absolute Gasteiger partial charge is 0.314 e. The van der Waals surface area contributed by atoms with E-state index in [0.29, 0.717) is 0 Å². The fraction of sp³-hybridized carbons (Fsp3) is 0.727. The Kier molecular flexibility index (Phi) is 3.07. The first-order valence-electron chi connectivity index (χ1n) is 5.64. The Bertz CT molecular complexity index is 327. The molecular formula is C11H20N4. The van der Waals surface area contributed by atoms with Crippen LogP contribution in [0.3, 0.4) is 0 Å². The smallest absolute Gasteiger partial charge is 0.0638 e. The minimum Gasteiger partial charge on any atom is -0.314 e. The zero-order chi connectivity index (χ0) is 10.8. The predicted octanol–water partition coefficient (Wildman–Crippen LogP) is 0.522. The molecule has 0 saturated carbocycles. The number of nitrogens with one attached hydrogen (secondary N) is 1. The summed E-state index contributed by atoms with van der Waals surface area (Å²) < 4.78 is 1.90. The van der Waals surface area contributed by atoms with Crippen LogP contribution in [0.4, 0.5) is 0 Å². The van der Waals surface area contributed by atoms with Crippen molar-refractivity contribution in [2.24, 2.45) is 7.05 Å². The Morgan fingerprint density at radius 3 is 2.73 bits per heavy atom. The summed E-state index contributed by atoms with van der Waals surface area (Å²) in [6.45, 7) is 8.72. The highest BCUT2D eigenvalue weighted by Gasteiger charge is 2.23. The molecular weight excluding hydrogens is 188 g/mol. The molecule has 1 fully saturated rings. The first kappa shape index (κ1) is 10.6. The third-order valence-corrected chi connectivity index (χ3v) is 3.17. The van der Waals surface area contributed by atoms with Crippen LogP contribution in [0.2, 0.25) is 0 Å². The molecule has 1 aliphatic heterocycles. The Morgan fingerprint density at radius 1 is 1.60 bits per heavy atom. The van der Waals surface area contributed by atoms with Gasteiger partial charge in [0.15, 0.2) is 0 Å². The standard InChI is InChI=1S/C11H20N4/c1-4-15(11-5-12-6-11)8-10-7-14(3)13-9(10)2/h7,11-12H,4-6,8H2,1-3H3. The molecule has 0 aromatic carbocycles. The van der Waals surface area contributed by atoms with Crippen molar-refractivity contribution >= 4 is 0 Å². The van der Waals surface area contributed by atoms with E-state index in [1.54, 1.807) is 0 Å². The first-order valence-corrected chi connectivity index (χ1v) is 5.64. The van der Waals surface area contributed by atoms with Crippen molar-refractivity contribution in [1.29, 1.82) is 0 Å². The van der Waals surface area contributed by atoms with Crippen LogP contribution < -0.4 is 5.32 Å². The lowest BCUT2D eigenvalue weighted by Gasteiger charge is -2.37. The van der Waals surface area contributed by atoms with E-state index in [0.717, 1.165) is 37.9 Å². The fourth-order valence-electron chi connectivity index (χ4n) is 2.05. The molecule has 0 aliphatic carbocycles. The second-order valence-electron chi connectivity index (χ2n) is 4.29. The van der Waals surface area contributed by atoms with E-state index < -0.39 is 0 Å². The van der Waals surface area contributed by atoms with Crippen molar-refractivity contribution in [3.05, 3.63) is 17.5 Å². The highest BCUT2D eigenvalue weighted by Crippen LogP contribution is 2.13. The molecule has 4 heteroatoms. The van der Waals surface area contributed by atoms with Gasteiger partial charge in [0, 0.05) is 44.5 Å². The van der Waals surface area contributed by atoms with E-state index in [-0.39, 0.29) is 0 Å². The topological polar surface area (TPSA) is 33.1 Å². The van der Waals surface area contributed by atoms with Crippen LogP contribution in [0.1, 0.15) is 18.2 Å². The second-order valence-corrected chi connectivity index (χ2v) is 4.29. The molecule has 15 heavy (non-hydrogen) atoms. The molecule has 0 bridgehead atoms. The molecule has 0 amide bonds. The summed E-state index contributed by atoms with van der Waals surface area (Å²) in [6, 6.07) is 0.717. The van der Waals surface area contributed by atoms with Gasteiger partial charge in [-0.1, -0.05) is 6.92 Å². The summed E-state index contributed by atoms with van der Waals surface area (Å²) in [6.07, 6.45) is 2.13. The van der Waals surface area contributed by atoms with Crippen LogP contribution in [0.5, 0.6) is 0 Å². The van der Waals surface area contributed by atoms with Crippen molar-refractivity contribution in [3.63, 3.8) is 0 Å². The minimum atomic E-state index is 0.717. The highest BCUT2D eigenvalue weighted by atomic mass is 15.3. The SMILES string of the molecule is CCN(Cc1cn(C)nc1C)C1CNC1. The summed E-state index contributed by atoms with van der Waals surface area (Å²) in [5.41, 5.74) is 2.51. The van der Waals surface area contributed by atoms with Gasteiger partial charge in [0.05, 0.1) is 5.69 Å². The van der Waals surface area contributed by atoms with E-state index in [1.165, 1.54) is 5.56 Å². The van der Waals surface area contributed by atoms with Crippen molar-refractivity contribution in [3.8, 4) is 0 Å². The summed E-state index contributed by atoms with van der Waals surface area (Å²) in [5.74, 6) is 0. The van der Waals surface area contributed by atoms with E-state index in [9.17, 15) is 0 Å². The van der Waals surface area contributed by atoms with Crippen LogP contribution >= 0.6 is 0 Å². The molecule has 1 aromatic rings. The molecule has 1 aromatic heterocycles. The van der Waals surface area contributed by atoms with Crippen molar-refractivity contribution in [2.45, 2.75) is 26.4 Å². The number of rotatable bonds is 4. The molecule has 4 nitrogen and oxygen atoms in total. The number of hydrogen-bond donors (Lipinski definition) is 1. The molecule has 2 heterocycles. The maximum absolute atomic E-state index is 4.38. The normalized spacial score (nSPS) is 17.1. The third-order valence-electron chi connectivity index (χ3n) is 3.17. The lowest BCUT2D eigenvalue weighted by atomic mass is 10.1. The second kappa shape index (κ2) is 4.33. The van der Waals surface area contributed by atoms with E-state index in [4.69, 9.17) is 0 Å². The maximum atomic E-state index is 4.38. The molecule has 1 saturated heterocycles. The van der Waals surface area contributed by atoms with Gasteiger partial charge < -0.3 is 5.32 Å². The van der Waals surface area contributed by atoms with Crippen LogP contribution in [0.25, 0.3) is 0 Å². The number of likely N-dealkylation sites (N-methyl/N-ethyl adjacent to an activating group) is 1. The Morgan fingerprint density at radius 2 is 2.33 bits per heavy atom. The monoisotopic (exact) mass is 208 g/mol. The number of nitrogens with zero attached hydrogens (tertiary/aromatic N) is 3. The van der Waals surface area contributed by atoms with Crippen LogP contribution in [0.15, 0.2) is 6.20 Å². The van der Waals surface area contributed by atoms with Gasteiger partial charge in [-0.2, -0.15) is 5.10 Å². The van der Waals surface area contributed by atoms with Gasteiger partial charge in [0.2, 0.25) is 0 Å². The molecule has 2 rings (SSSR count). The summed E-state index contributed by atoms with van der Waals surface area (Å²) in [5, 5.41) is 7.70. The lowest BCUT2D eigenvalue weighted by molar-refractivity contribution is 0.145. The number of aryl methyl sites for hydroxylation is 2. The van der Waals surface area contributed by atoms with Crippen molar-refractivity contribution in [1.82, 2.24) is 20.0 Å². The average Bonchev–Trinajstić information content (AvgIpc) is 2.41. The van der Waals surface area contributed by atoms with Gasteiger partial charge in [0.25, 0.3) is 0 Å². The zero-order valence-electron chi connectivity index (χ0n) is 9.82. The maximum Gasteiger partial charge on any atom is 0.0638 e. The molecule has 0 radical (unpaired) electrons. The number of aromatic nitrogens is 2. The average molecular weight is 208 g/mol. The van der Waals surface area contributed by atoms with Crippen molar-refractivity contribution in [2.75, 3.05) is 19.6 Å². The van der Waals surface area contributed by atoms with Crippen LogP contribution in [0, 0.1) is 6.92 Å². The molecule has 0 unspecified atom stereocenters. The fourth-order valence-corrected chi connectivity index (χ4v) is 2.05. The van der Waals surface area contributed by atoms with Crippen molar-refractivity contribution < 1.29 is 0 Å². The highest BCUT2D eigenvalue weighted by molar-refractivity contribution is 5.15. The van der Waals surface area contributed by atoms with Crippen LogP contribution in [-0.4, -0.2) is 40.4 Å². The van der Waals surface area contributed by atoms with E-state index >= 15 is 0 Å². The Hall–Kier alpha value is -0.870. The lowest BCUT2D eigenvalue weighted by Crippen LogP contribution is -2.56. The van der Waals surface area contributed by atoms with E-state index in [1.807, 2.05) is 11.7 Å². The molecule has 0 atom stereocenters. The van der Waals surface area contributed by atoms with Gasteiger partial charge in [-0.3, -0.25) is 9.58 Å². The third kappa shape index (κ3) is 2.21. The minimum absolute atomic E-state index is 0.717. The summed E-state index contributed by atoms with van der Waals surface area (Å²) in [7, 11) is 1.98. The molecule has 0 spiro atoms. The summed E-state index contributed by atoms with van der Waals surface area (Å²) >= 11 is 0. The van der Waals surface area contributed by atoms with Gasteiger partial charge in [0.1, 0.15) is 0 Å². The Labute approximate surface area is 91.3 Å². The molecule has 1 N–H and O–H groups in total. The van der Waals surface area contributed by atoms with Gasteiger partial charge in [-0.15, -0.1) is 0 Å². The van der Waals surface area contributed by atoms with Gasteiger partial charge in [-0.05, 0) is 13.5 Å². The Balaban J connectivity index is 2.02. The predicted molar refractivity (Wildman–Crippen MR) is 60.7 cm³/mol. The number of hydrogen-bond acceptors (Lipinski definition) is 3.